The molecule has 0 spiro atoms. The molecule has 0 bridgehead atoms. The van der Waals surface area contributed by atoms with E-state index in [2.05, 4.69) is 15.5 Å². The number of rotatable bonds is 4. The van der Waals surface area contributed by atoms with Crippen molar-refractivity contribution in [1.82, 2.24) is 15.5 Å². The summed E-state index contributed by atoms with van der Waals surface area (Å²) in [6.07, 6.45) is 1.60. The summed E-state index contributed by atoms with van der Waals surface area (Å²) in [5, 5.41) is 19.4. The molecule has 2 aromatic rings. The van der Waals surface area contributed by atoms with Gasteiger partial charge in [0.15, 0.2) is 0 Å². The maximum atomic E-state index is 13.5. The fraction of sp³-hybridized carbons (Fsp3) is 0.154. The standard InChI is InChI=1S/C13H11FN4/c14-13-6-10(7-15)3-4-11(13)8-16-9-12-2-1-5-17-18-12/h1-6,16H,8-9H2. The second-order valence-corrected chi connectivity index (χ2v) is 3.74. The van der Waals surface area contributed by atoms with E-state index >= 15 is 0 Å². The molecule has 0 atom stereocenters. The van der Waals surface area contributed by atoms with Crippen LogP contribution in [-0.4, -0.2) is 10.2 Å². The van der Waals surface area contributed by atoms with Crippen molar-refractivity contribution in [3.63, 3.8) is 0 Å². The molecule has 0 aliphatic carbocycles. The van der Waals surface area contributed by atoms with Crippen LogP contribution in [0.4, 0.5) is 4.39 Å². The molecule has 1 heterocycles. The van der Waals surface area contributed by atoms with Crippen LogP contribution < -0.4 is 5.32 Å². The van der Waals surface area contributed by atoms with Crippen LogP contribution in [0.15, 0.2) is 36.5 Å². The predicted octanol–water partition coefficient (Wildman–Crippen LogP) is 1.78. The lowest BCUT2D eigenvalue weighted by Gasteiger charge is -2.05. The summed E-state index contributed by atoms with van der Waals surface area (Å²) in [4.78, 5) is 0. The minimum Gasteiger partial charge on any atom is -0.307 e. The van der Waals surface area contributed by atoms with Gasteiger partial charge in [0.1, 0.15) is 5.82 Å². The predicted molar refractivity (Wildman–Crippen MR) is 63.7 cm³/mol. The molecule has 1 N–H and O–H groups in total. The van der Waals surface area contributed by atoms with E-state index < -0.39 is 0 Å². The van der Waals surface area contributed by atoms with Crippen LogP contribution in [0.2, 0.25) is 0 Å². The number of nitrogens with one attached hydrogen (secondary N) is 1. The van der Waals surface area contributed by atoms with Gasteiger partial charge in [-0.2, -0.15) is 15.5 Å². The first-order valence-corrected chi connectivity index (χ1v) is 5.45. The second-order valence-electron chi connectivity index (χ2n) is 3.74. The van der Waals surface area contributed by atoms with E-state index in [0.29, 0.717) is 24.2 Å². The van der Waals surface area contributed by atoms with Gasteiger partial charge >= 0.3 is 0 Å². The molecule has 0 fully saturated rings. The average Bonchev–Trinajstić information content (AvgIpc) is 2.42. The van der Waals surface area contributed by atoms with Gasteiger partial charge in [-0.15, -0.1) is 0 Å². The molecular formula is C13H11FN4. The summed E-state index contributed by atoms with van der Waals surface area (Å²) in [5.74, 6) is -0.374. The highest BCUT2D eigenvalue weighted by Gasteiger charge is 2.03. The third kappa shape index (κ3) is 3.09. The van der Waals surface area contributed by atoms with Crippen LogP contribution in [0, 0.1) is 17.1 Å². The SMILES string of the molecule is N#Cc1ccc(CNCc2cccnn2)c(F)c1. The number of nitrogens with zero attached hydrogens (tertiary/aromatic N) is 3. The van der Waals surface area contributed by atoms with Crippen LogP contribution in [-0.2, 0) is 13.1 Å². The van der Waals surface area contributed by atoms with Gasteiger partial charge in [-0.3, -0.25) is 0 Å². The molecule has 0 saturated heterocycles. The van der Waals surface area contributed by atoms with E-state index in [1.807, 2.05) is 12.1 Å². The average molecular weight is 242 g/mol. The third-order valence-corrected chi connectivity index (χ3v) is 2.43. The molecule has 1 aromatic carbocycles. The van der Waals surface area contributed by atoms with E-state index in [1.54, 1.807) is 24.4 Å². The number of nitriles is 1. The zero-order valence-corrected chi connectivity index (χ0v) is 9.60. The number of hydrogen-bond acceptors (Lipinski definition) is 4. The lowest BCUT2D eigenvalue weighted by molar-refractivity contribution is 0.584. The van der Waals surface area contributed by atoms with Crippen molar-refractivity contribution in [3.8, 4) is 6.07 Å². The minimum absolute atomic E-state index is 0.324. The summed E-state index contributed by atoms with van der Waals surface area (Å²) < 4.78 is 13.5. The molecule has 18 heavy (non-hydrogen) atoms. The van der Waals surface area contributed by atoms with Crippen molar-refractivity contribution < 1.29 is 4.39 Å². The number of halogens is 1. The maximum Gasteiger partial charge on any atom is 0.129 e. The largest absolute Gasteiger partial charge is 0.307 e. The van der Waals surface area contributed by atoms with E-state index in [9.17, 15) is 4.39 Å². The van der Waals surface area contributed by atoms with Gasteiger partial charge in [-0.25, -0.2) is 4.39 Å². The molecule has 90 valence electrons. The van der Waals surface area contributed by atoms with Crippen molar-refractivity contribution in [2.45, 2.75) is 13.1 Å². The highest BCUT2D eigenvalue weighted by Crippen LogP contribution is 2.09. The Labute approximate surface area is 104 Å². The van der Waals surface area contributed by atoms with Crippen molar-refractivity contribution in [1.29, 1.82) is 5.26 Å². The van der Waals surface area contributed by atoms with Crippen molar-refractivity contribution in [2.75, 3.05) is 0 Å². The molecule has 4 nitrogen and oxygen atoms in total. The number of aromatic nitrogens is 2. The van der Waals surface area contributed by atoms with Gasteiger partial charge in [0.2, 0.25) is 0 Å². The second kappa shape index (κ2) is 5.84. The molecule has 0 amide bonds. The van der Waals surface area contributed by atoms with E-state index in [-0.39, 0.29) is 5.82 Å². The van der Waals surface area contributed by atoms with Crippen LogP contribution in [0.1, 0.15) is 16.8 Å². The van der Waals surface area contributed by atoms with Gasteiger partial charge in [0.25, 0.3) is 0 Å². The summed E-state index contributed by atoms with van der Waals surface area (Å²) in [7, 11) is 0. The molecule has 0 unspecified atom stereocenters. The molecule has 5 heteroatoms. The normalized spacial score (nSPS) is 10.0. The Morgan fingerprint density at radius 1 is 1.28 bits per heavy atom. The number of benzene rings is 1. The summed E-state index contributed by atoms with van der Waals surface area (Å²) in [6, 6.07) is 9.98. The van der Waals surface area contributed by atoms with Crippen LogP contribution >= 0.6 is 0 Å². The maximum absolute atomic E-state index is 13.5. The molecule has 0 aliphatic heterocycles. The molecular weight excluding hydrogens is 231 g/mol. The van der Waals surface area contributed by atoms with Gasteiger partial charge in [-0.05, 0) is 24.3 Å². The Kier molecular flexibility index (Phi) is 3.94. The van der Waals surface area contributed by atoms with E-state index in [1.165, 1.54) is 6.07 Å². The van der Waals surface area contributed by atoms with Crippen LogP contribution in [0.3, 0.4) is 0 Å². The Morgan fingerprint density at radius 2 is 2.17 bits per heavy atom. The number of hydrogen-bond donors (Lipinski definition) is 1. The Hall–Kier alpha value is -2.32. The zero-order valence-electron chi connectivity index (χ0n) is 9.60. The lowest BCUT2D eigenvalue weighted by Crippen LogP contribution is -2.14. The van der Waals surface area contributed by atoms with Crippen LogP contribution in [0.25, 0.3) is 0 Å². The Balaban J connectivity index is 1.93. The molecule has 0 radical (unpaired) electrons. The summed E-state index contributed by atoms with van der Waals surface area (Å²) >= 11 is 0. The third-order valence-electron chi connectivity index (χ3n) is 2.43. The zero-order chi connectivity index (χ0) is 12.8. The summed E-state index contributed by atoms with van der Waals surface area (Å²) in [5.41, 5.74) is 1.65. The van der Waals surface area contributed by atoms with Gasteiger partial charge in [-0.1, -0.05) is 6.07 Å². The van der Waals surface area contributed by atoms with E-state index in [0.717, 1.165) is 5.69 Å². The first-order chi connectivity index (χ1) is 8.79. The molecule has 1 aromatic heterocycles. The van der Waals surface area contributed by atoms with Crippen LogP contribution in [0.5, 0.6) is 0 Å². The van der Waals surface area contributed by atoms with Gasteiger partial charge < -0.3 is 5.32 Å². The fourth-order valence-electron chi connectivity index (χ4n) is 1.51. The van der Waals surface area contributed by atoms with Gasteiger partial charge in [0.05, 0.1) is 17.3 Å². The summed E-state index contributed by atoms with van der Waals surface area (Å²) in [6.45, 7) is 0.904. The quantitative estimate of drug-likeness (QED) is 0.887. The Morgan fingerprint density at radius 3 is 2.83 bits per heavy atom. The van der Waals surface area contributed by atoms with Crippen molar-refractivity contribution in [2.24, 2.45) is 0 Å². The Bertz CT molecular complexity index is 563. The van der Waals surface area contributed by atoms with Gasteiger partial charge in [0, 0.05) is 24.8 Å². The minimum atomic E-state index is -0.374. The van der Waals surface area contributed by atoms with Crippen molar-refractivity contribution in [3.05, 3.63) is 59.2 Å². The highest BCUT2D eigenvalue weighted by molar-refractivity contribution is 5.32. The first-order valence-electron chi connectivity index (χ1n) is 5.45. The smallest absolute Gasteiger partial charge is 0.129 e. The fourth-order valence-corrected chi connectivity index (χ4v) is 1.51. The van der Waals surface area contributed by atoms with E-state index in [4.69, 9.17) is 5.26 Å². The topological polar surface area (TPSA) is 61.6 Å². The molecule has 0 saturated carbocycles. The van der Waals surface area contributed by atoms with Crippen molar-refractivity contribution >= 4 is 0 Å². The highest BCUT2D eigenvalue weighted by atomic mass is 19.1. The first kappa shape index (κ1) is 12.1. The molecule has 0 aliphatic rings. The molecule has 2 rings (SSSR count). The lowest BCUT2D eigenvalue weighted by atomic mass is 10.1. The monoisotopic (exact) mass is 242 g/mol.